The van der Waals surface area contributed by atoms with Crippen LogP contribution in [-0.2, 0) is 18.2 Å². The summed E-state index contributed by atoms with van der Waals surface area (Å²) in [7, 11) is 1.89. The number of amides is 2. The number of aryl methyl sites for hydroxylation is 1. The zero-order chi connectivity index (χ0) is 13.8. The van der Waals surface area contributed by atoms with E-state index in [1.807, 2.05) is 38.2 Å². The van der Waals surface area contributed by atoms with E-state index in [1.54, 1.807) is 4.68 Å². The molecular weight excluding hydrogens is 244 g/mol. The molecule has 2 atom stereocenters. The van der Waals surface area contributed by atoms with Crippen molar-refractivity contribution in [1.82, 2.24) is 20.0 Å². The monoisotopic (exact) mass is 266 g/mol. The van der Waals surface area contributed by atoms with Gasteiger partial charge in [0.05, 0.1) is 18.4 Å². The van der Waals surface area contributed by atoms with Crippen molar-refractivity contribution < 1.29 is 9.53 Å². The first kappa shape index (κ1) is 13.9. The maximum atomic E-state index is 12.0. The summed E-state index contributed by atoms with van der Waals surface area (Å²) < 4.78 is 7.38. The predicted molar refractivity (Wildman–Crippen MR) is 71.9 cm³/mol. The molecule has 0 bridgehead atoms. The Balaban J connectivity index is 1.74. The lowest BCUT2D eigenvalue weighted by Crippen LogP contribution is -2.51. The molecule has 0 aromatic carbocycles. The van der Waals surface area contributed by atoms with E-state index in [-0.39, 0.29) is 18.2 Å². The lowest BCUT2D eigenvalue weighted by atomic mass is 10.2. The van der Waals surface area contributed by atoms with Gasteiger partial charge in [0, 0.05) is 32.9 Å². The minimum atomic E-state index is -0.00843. The second kappa shape index (κ2) is 6.06. The lowest BCUT2D eigenvalue weighted by Gasteiger charge is -2.35. The van der Waals surface area contributed by atoms with E-state index in [0.29, 0.717) is 19.6 Å². The Hall–Kier alpha value is -1.56. The first-order valence-corrected chi connectivity index (χ1v) is 6.70. The molecule has 1 aromatic rings. The molecule has 0 spiro atoms. The first-order chi connectivity index (χ1) is 9.04. The van der Waals surface area contributed by atoms with Crippen LogP contribution in [0.25, 0.3) is 0 Å². The minimum Gasteiger partial charge on any atom is -0.372 e. The van der Waals surface area contributed by atoms with Crippen LogP contribution in [0.3, 0.4) is 0 Å². The van der Waals surface area contributed by atoms with Gasteiger partial charge in [-0.3, -0.25) is 4.68 Å². The second-order valence-electron chi connectivity index (χ2n) is 5.17. The van der Waals surface area contributed by atoms with E-state index in [9.17, 15) is 4.79 Å². The lowest BCUT2D eigenvalue weighted by molar-refractivity contribution is -0.0544. The summed E-state index contributed by atoms with van der Waals surface area (Å²) in [6.45, 7) is 5.92. The number of hydrogen-bond donors (Lipinski definition) is 1. The van der Waals surface area contributed by atoms with Crippen LogP contribution in [0.5, 0.6) is 0 Å². The van der Waals surface area contributed by atoms with Gasteiger partial charge in [0.1, 0.15) is 0 Å². The summed E-state index contributed by atoms with van der Waals surface area (Å²) in [6, 6.07) is -0.00843. The van der Waals surface area contributed by atoms with Gasteiger partial charge in [-0.15, -0.1) is 0 Å². The number of rotatable bonds is 3. The number of carbonyl (C=O) groups is 1. The highest BCUT2D eigenvalue weighted by Crippen LogP contribution is 2.10. The van der Waals surface area contributed by atoms with Crippen LogP contribution < -0.4 is 5.32 Å². The molecular formula is C13H22N4O2. The smallest absolute Gasteiger partial charge is 0.317 e. The number of morpholine rings is 1. The van der Waals surface area contributed by atoms with Crippen LogP contribution >= 0.6 is 0 Å². The van der Waals surface area contributed by atoms with Gasteiger partial charge in [-0.25, -0.2) is 4.79 Å². The summed E-state index contributed by atoms with van der Waals surface area (Å²) in [5.74, 6) is 0. The van der Waals surface area contributed by atoms with Crippen molar-refractivity contribution in [1.29, 1.82) is 0 Å². The van der Waals surface area contributed by atoms with Gasteiger partial charge in [0.25, 0.3) is 0 Å². The summed E-state index contributed by atoms with van der Waals surface area (Å²) in [6.07, 6.45) is 4.80. The maximum absolute atomic E-state index is 12.0. The number of nitrogens with one attached hydrogen (secondary N) is 1. The van der Waals surface area contributed by atoms with Gasteiger partial charge in [0.15, 0.2) is 0 Å². The average molecular weight is 266 g/mol. The molecule has 2 unspecified atom stereocenters. The Morgan fingerprint density at radius 2 is 2.16 bits per heavy atom. The molecule has 19 heavy (non-hydrogen) atoms. The predicted octanol–water partition coefficient (Wildman–Crippen LogP) is 0.781. The van der Waals surface area contributed by atoms with Crippen molar-refractivity contribution >= 4 is 6.03 Å². The molecule has 1 saturated heterocycles. The number of carbonyl (C=O) groups excluding carboxylic acids is 1. The third-order valence-electron chi connectivity index (χ3n) is 3.16. The van der Waals surface area contributed by atoms with E-state index in [0.717, 1.165) is 12.0 Å². The number of hydrogen-bond acceptors (Lipinski definition) is 3. The average Bonchev–Trinajstić information content (AvgIpc) is 2.73. The molecule has 0 radical (unpaired) electrons. The summed E-state index contributed by atoms with van der Waals surface area (Å²) in [4.78, 5) is 13.8. The highest BCUT2D eigenvalue weighted by molar-refractivity contribution is 5.74. The molecule has 1 fully saturated rings. The van der Waals surface area contributed by atoms with Gasteiger partial charge in [-0.2, -0.15) is 5.10 Å². The van der Waals surface area contributed by atoms with Crippen molar-refractivity contribution in [3.63, 3.8) is 0 Å². The van der Waals surface area contributed by atoms with E-state index in [2.05, 4.69) is 10.4 Å². The SMILES string of the molecule is CC1CN(C(=O)NCCc2cnn(C)c2)CC(C)O1. The summed E-state index contributed by atoms with van der Waals surface area (Å²) in [5.41, 5.74) is 1.13. The molecule has 1 aromatic heterocycles. The Kier molecular flexibility index (Phi) is 4.42. The van der Waals surface area contributed by atoms with Crippen LogP contribution in [0.2, 0.25) is 0 Å². The Bertz CT molecular complexity index is 422. The molecule has 6 heteroatoms. The Morgan fingerprint density at radius 1 is 1.47 bits per heavy atom. The van der Waals surface area contributed by atoms with E-state index < -0.39 is 0 Å². The second-order valence-corrected chi connectivity index (χ2v) is 5.17. The molecule has 6 nitrogen and oxygen atoms in total. The van der Waals surface area contributed by atoms with Crippen molar-refractivity contribution in [2.75, 3.05) is 19.6 Å². The van der Waals surface area contributed by atoms with Crippen molar-refractivity contribution in [3.05, 3.63) is 18.0 Å². The van der Waals surface area contributed by atoms with Crippen LogP contribution in [0.1, 0.15) is 19.4 Å². The summed E-state index contributed by atoms with van der Waals surface area (Å²) in [5, 5.41) is 7.05. The largest absolute Gasteiger partial charge is 0.372 e. The minimum absolute atomic E-state index is 0.00843. The molecule has 2 heterocycles. The molecule has 0 saturated carbocycles. The number of ether oxygens (including phenoxy) is 1. The number of nitrogens with zero attached hydrogens (tertiary/aromatic N) is 3. The van der Waals surface area contributed by atoms with E-state index in [1.165, 1.54) is 0 Å². The van der Waals surface area contributed by atoms with E-state index in [4.69, 9.17) is 4.74 Å². The number of urea groups is 1. The molecule has 106 valence electrons. The van der Waals surface area contributed by atoms with Crippen LogP contribution in [0.4, 0.5) is 4.79 Å². The fourth-order valence-corrected chi connectivity index (χ4v) is 2.37. The van der Waals surface area contributed by atoms with E-state index >= 15 is 0 Å². The molecule has 1 aliphatic heterocycles. The zero-order valence-corrected chi connectivity index (χ0v) is 11.8. The first-order valence-electron chi connectivity index (χ1n) is 6.70. The van der Waals surface area contributed by atoms with Gasteiger partial charge < -0.3 is 15.0 Å². The fourth-order valence-electron chi connectivity index (χ4n) is 2.37. The van der Waals surface area contributed by atoms with Gasteiger partial charge in [0.2, 0.25) is 0 Å². The van der Waals surface area contributed by atoms with Crippen LogP contribution in [0.15, 0.2) is 12.4 Å². The molecule has 1 aliphatic rings. The van der Waals surface area contributed by atoms with Gasteiger partial charge >= 0.3 is 6.03 Å². The highest BCUT2D eigenvalue weighted by Gasteiger charge is 2.25. The maximum Gasteiger partial charge on any atom is 0.317 e. The number of aromatic nitrogens is 2. The Morgan fingerprint density at radius 3 is 2.74 bits per heavy atom. The molecule has 1 N–H and O–H groups in total. The van der Waals surface area contributed by atoms with Crippen molar-refractivity contribution in [2.45, 2.75) is 32.5 Å². The zero-order valence-electron chi connectivity index (χ0n) is 11.8. The van der Waals surface area contributed by atoms with Crippen molar-refractivity contribution in [3.8, 4) is 0 Å². The fraction of sp³-hybridized carbons (Fsp3) is 0.692. The van der Waals surface area contributed by atoms with Gasteiger partial charge in [-0.05, 0) is 25.8 Å². The van der Waals surface area contributed by atoms with Crippen LogP contribution in [0, 0.1) is 0 Å². The molecule has 2 rings (SSSR count). The Labute approximate surface area is 113 Å². The van der Waals surface area contributed by atoms with Crippen molar-refractivity contribution in [2.24, 2.45) is 7.05 Å². The topological polar surface area (TPSA) is 59.4 Å². The third-order valence-corrected chi connectivity index (χ3v) is 3.16. The molecule has 0 aliphatic carbocycles. The third kappa shape index (κ3) is 3.96. The standard InChI is InChI=1S/C13H22N4O2/c1-10-7-17(8-11(2)19-10)13(18)14-5-4-12-6-15-16(3)9-12/h6,9-11H,4-5,7-8H2,1-3H3,(H,14,18). The normalized spacial score (nSPS) is 23.4. The quantitative estimate of drug-likeness (QED) is 0.879. The molecule has 2 amide bonds. The van der Waals surface area contributed by atoms with Crippen LogP contribution in [-0.4, -0.2) is 52.6 Å². The summed E-state index contributed by atoms with van der Waals surface area (Å²) >= 11 is 0. The highest BCUT2D eigenvalue weighted by atomic mass is 16.5. The van der Waals surface area contributed by atoms with Gasteiger partial charge in [-0.1, -0.05) is 0 Å².